The number of rotatable bonds is 8. The van der Waals surface area contributed by atoms with Gasteiger partial charge in [-0.25, -0.2) is 16.8 Å². The van der Waals surface area contributed by atoms with E-state index in [9.17, 15) is 21.6 Å². The van der Waals surface area contributed by atoms with E-state index in [4.69, 9.17) is 4.74 Å². The Labute approximate surface area is 188 Å². The van der Waals surface area contributed by atoms with E-state index >= 15 is 0 Å². The van der Waals surface area contributed by atoms with Gasteiger partial charge in [0.2, 0.25) is 20.0 Å². The Morgan fingerprint density at radius 3 is 2.38 bits per heavy atom. The predicted octanol–water partition coefficient (Wildman–Crippen LogP) is 2.88. The Morgan fingerprint density at radius 2 is 1.72 bits per heavy atom. The minimum absolute atomic E-state index is 0.0124. The molecule has 1 saturated heterocycles. The number of nitrogens with one attached hydrogen (secondary N) is 2. The molecule has 3 rings (SSSR count). The molecule has 0 radical (unpaired) electrons. The number of hydrogen-bond donors (Lipinski definition) is 2. The summed E-state index contributed by atoms with van der Waals surface area (Å²) in [4.78, 5) is 12.8. The summed E-state index contributed by atoms with van der Waals surface area (Å²) < 4.78 is 59.0. The maximum Gasteiger partial charge on any atom is 0.257 e. The first kappa shape index (κ1) is 24.0. The lowest BCUT2D eigenvalue weighted by atomic mass is 10.1. The van der Waals surface area contributed by atoms with Gasteiger partial charge in [-0.15, -0.1) is 0 Å². The van der Waals surface area contributed by atoms with E-state index < -0.39 is 26.0 Å². The number of carbonyl (C=O) groups is 1. The van der Waals surface area contributed by atoms with Crippen LogP contribution in [0.4, 0.5) is 11.4 Å². The number of para-hydroxylation sites is 1. The van der Waals surface area contributed by atoms with Crippen molar-refractivity contribution in [3.8, 4) is 5.75 Å². The fraction of sp³-hybridized carbons (Fsp3) is 0.381. The summed E-state index contributed by atoms with van der Waals surface area (Å²) in [5, 5.41) is 2.66. The van der Waals surface area contributed by atoms with Crippen molar-refractivity contribution < 1.29 is 26.4 Å². The van der Waals surface area contributed by atoms with Crippen LogP contribution in [-0.4, -0.2) is 53.0 Å². The maximum absolute atomic E-state index is 13.3. The Kier molecular flexibility index (Phi) is 7.42. The number of ether oxygens (including phenoxy) is 1. The monoisotopic (exact) mass is 481 g/mol. The average Bonchev–Trinajstić information content (AvgIpc) is 2.74. The molecule has 0 saturated carbocycles. The van der Waals surface area contributed by atoms with Crippen molar-refractivity contribution in [2.24, 2.45) is 0 Å². The summed E-state index contributed by atoms with van der Waals surface area (Å²) in [6.07, 6.45) is 3.57. The summed E-state index contributed by atoms with van der Waals surface area (Å²) in [7, 11) is -7.39. The smallest absolute Gasteiger partial charge is 0.257 e. The lowest BCUT2D eigenvalue weighted by molar-refractivity contribution is 0.102. The third-order valence-corrected chi connectivity index (χ3v) is 7.41. The van der Waals surface area contributed by atoms with Crippen LogP contribution in [0.15, 0.2) is 47.4 Å². The summed E-state index contributed by atoms with van der Waals surface area (Å²) in [6.45, 7) is 2.93. The molecule has 0 unspecified atom stereocenters. The number of hydrogen-bond acceptors (Lipinski definition) is 6. The Bertz CT molecular complexity index is 1190. The van der Waals surface area contributed by atoms with E-state index in [1.165, 1.54) is 28.6 Å². The molecule has 2 N–H and O–H groups in total. The topological polar surface area (TPSA) is 122 Å². The molecule has 9 nitrogen and oxygen atoms in total. The van der Waals surface area contributed by atoms with Crippen LogP contribution in [0, 0.1) is 0 Å². The van der Waals surface area contributed by atoms with E-state index in [0.29, 0.717) is 19.7 Å². The van der Waals surface area contributed by atoms with Crippen LogP contribution >= 0.6 is 0 Å². The summed E-state index contributed by atoms with van der Waals surface area (Å²) >= 11 is 0. The zero-order valence-corrected chi connectivity index (χ0v) is 19.6. The van der Waals surface area contributed by atoms with Crippen molar-refractivity contribution in [3.63, 3.8) is 0 Å². The summed E-state index contributed by atoms with van der Waals surface area (Å²) in [5.74, 6) is -0.363. The molecule has 2 aromatic carbocycles. The first-order valence-electron chi connectivity index (χ1n) is 10.3. The molecular weight excluding hydrogens is 454 g/mol. The zero-order valence-electron chi connectivity index (χ0n) is 18.0. The molecule has 2 aromatic rings. The minimum Gasteiger partial charge on any atom is -0.492 e. The average molecular weight is 482 g/mol. The van der Waals surface area contributed by atoms with Crippen molar-refractivity contribution >= 4 is 37.3 Å². The molecule has 1 aliphatic heterocycles. The Hall–Kier alpha value is -2.63. The van der Waals surface area contributed by atoms with Crippen LogP contribution in [0.2, 0.25) is 0 Å². The molecule has 1 heterocycles. The highest BCUT2D eigenvalue weighted by atomic mass is 32.2. The molecule has 0 bridgehead atoms. The van der Waals surface area contributed by atoms with E-state index in [1.807, 2.05) is 0 Å². The highest BCUT2D eigenvalue weighted by Crippen LogP contribution is 2.32. The molecule has 0 atom stereocenters. The standard InChI is InChI=1S/C21H27N3O6S2/c1-3-30-19-12-11-16(15-20(19)32(28,29)24-13-7-4-8-14-24)22-21(25)17-9-5-6-10-18(17)23-31(2,26)27/h5-6,9-12,15,23H,3-4,7-8,13-14H2,1-2H3,(H,22,25). The van der Waals surface area contributed by atoms with Gasteiger partial charge in [0.15, 0.2) is 0 Å². The number of amides is 1. The van der Waals surface area contributed by atoms with Crippen LogP contribution in [0.25, 0.3) is 0 Å². The Morgan fingerprint density at radius 1 is 1.03 bits per heavy atom. The van der Waals surface area contributed by atoms with Crippen molar-refractivity contribution in [2.45, 2.75) is 31.1 Å². The van der Waals surface area contributed by atoms with Gasteiger partial charge in [-0.3, -0.25) is 9.52 Å². The van der Waals surface area contributed by atoms with Gasteiger partial charge in [-0.05, 0) is 50.1 Å². The van der Waals surface area contributed by atoms with Gasteiger partial charge in [0.05, 0.1) is 24.1 Å². The van der Waals surface area contributed by atoms with Gasteiger partial charge >= 0.3 is 0 Å². The van der Waals surface area contributed by atoms with Crippen LogP contribution in [0.5, 0.6) is 5.75 Å². The van der Waals surface area contributed by atoms with Gasteiger partial charge < -0.3 is 10.1 Å². The fourth-order valence-corrected chi connectivity index (χ4v) is 5.73. The van der Waals surface area contributed by atoms with Crippen molar-refractivity contribution in [3.05, 3.63) is 48.0 Å². The molecule has 0 aromatic heterocycles. The van der Waals surface area contributed by atoms with E-state index in [0.717, 1.165) is 25.5 Å². The predicted molar refractivity (Wildman–Crippen MR) is 123 cm³/mol. The van der Waals surface area contributed by atoms with Crippen LogP contribution in [-0.2, 0) is 20.0 Å². The number of carbonyl (C=O) groups excluding carboxylic acids is 1. The van der Waals surface area contributed by atoms with Gasteiger partial charge in [-0.1, -0.05) is 18.6 Å². The fourth-order valence-electron chi connectivity index (χ4n) is 3.47. The second-order valence-electron chi connectivity index (χ2n) is 7.43. The largest absolute Gasteiger partial charge is 0.492 e. The quantitative estimate of drug-likeness (QED) is 0.598. The van der Waals surface area contributed by atoms with Gasteiger partial charge in [0, 0.05) is 18.8 Å². The molecule has 174 valence electrons. The molecule has 1 fully saturated rings. The lowest BCUT2D eigenvalue weighted by Crippen LogP contribution is -2.35. The SMILES string of the molecule is CCOc1ccc(NC(=O)c2ccccc2NS(C)(=O)=O)cc1S(=O)(=O)N1CCCCC1. The number of piperidine rings is 1. The lowest BCUT2D eigenvalue weighted by Gasteiger charge is -2.27. The highest BCUT2D eigenvalue weighted by Gasteiger charge is 2.29. The molecular formula is C21H27N3O6S2. The van der Waals surface area contributed by atoms with Gasteiger partial charge in [0.1, 0.15) is 10.6 Å². The maximum atomic E-state index is 13.3. The molecule has 0 spiro atoms. The molecule has 11 heteroatoms. The van der Waals surface area contributed by atoms with E-state index in [-0.39, 0.29) is 27.6 Å². The van der Waals surface area contributed by atoms with E-state index in [2.05, 4.69) is 10.0 Å². The number of nitrogens with zero attached hydrogens (tertiary/aromatic N) is 1. The van der Waals surface area contributed by atoms with E-state index in [1.54, 1.807) is 25.1 Å². The van der Waals surface area contributed by atoms with Gasteiger partial charge in [-0.2, -0.15) is 4.31 Å². The number of benzene rings is 2. The summed E-state index contributed by atoms with van der Waals surface area (Å²) in [6, 6.07) is 10.6. The Balaban J connectivity index is 1.93. The zero-order chi connectivity index (χ0) is 23.4. The number of sulfonamides is 2. The first-order chi connectivity index (χ1) is 15.1. The second kappa shape index (κ2) is 9.88. The van der Waals surface area contributed by atoms with Crippen molar-refractivity contribution in [1.29, 1.82) is 0 Å². The van der Waals surface area contributed by atoms with Crippen LogP contribution in [0.3, 0.4) is 0 Å². The molecule has 0 aliphatic carbocycles. The van der Waals surface area contributed by atoms with Crippen molar-refractivity contribution in [2.75, 3.05) is 36.0 Å². The normalized spacial score (nSPS) is 15.2. The first-order valence-corrected chi connectivity index (χ1v) is 13.6. The van der Waals surface area contributed by atoms with Gasteiger partial charge in [0.25, 0.3) is 5.91 Å². The summed E-state index contributed by atoms with van der Waals surface area (Å²) in [5.41, 5.74) is 0.482. The molecule has 1 aliphatic rings. The number of anilines is 2. The highest BCUT2D eigenvalue weighted by molar-refractivity contribution is 7.92. The van der Waals surface area contributed by atoms with Crippen molar-refractivity contribution in [1.82, 2.24) is 4.31 Å². The minimum atomic E-state index is -3.80. The third kappa shape index (κ3) is 5.78. The molecule has 1 amide bonds. The van der Waals surface area contributed by atoms with Crippen LogP contribution < -0.4 is 14.8 Å². The third-order valence-electron chi connectivity index (χ3n) is 4.90. The molecule has 32 heavy (non-hydrogen) atoms. The van der Waals surface area contributed by atoms with Crippen LogP contribution in [0.1, 0.15) is 36.5 Å². The second-order valence-corrected chi connectivity index (χ2v) is 11.1.